The Hall–Kier alpha value is -2.60. The number of nitrogens with one attached hydrogen (secondary N) is 2. The number of thiophene rings is 1. The minimum absolute atomic E-state index is 0.00879. The molecule has 0 saturated heterocycles. The number of amides is 2. The summed E-state index contributed by atoms with van der Waals surface area (Å²) in [5.74, 6) is 0. The zero-order valence-corrected chi connectivity index (χ0v) is 14.5. The summed E-state index contributed by atoms with van der Waals surface area (Å²) in [7, 11) is 0. The third kappa shape index (κ3) is 3.83. The molecule has 1 atom stereocenters. The Morgan fingerprint density at radius 3 is 2.79 bits per heavy atom. The fourth-order valence-corrected chi connectivity index (χ4v) is 3.27. The van der Waals surface area contributed by atoms with Crippen LogP contribution in [0, 0.1) is 13.8 Å². The van der Waals surface area contributed by atoms with Gasteiger partial charge in [0.1, 0.15) is 6.04 Å². The molecule has 1 aromatic carbocycles. The molecule has 0 bridgehead atoms. The van der Waals surface area contributed by atoms with E-state index in [4.69, 9.17) is 0 Å². The van der Waals surface area contributed by atoms with E-state index in [1.807, 2.05) is 53.5 Å². The molecule has 0 aliphatic rings. The van der Waals surface area contributed by atoms with Crippen molar-refractivity contribution < 1.29 is 4.79 Å². The van der Waals surface area contributed by atoms with Gasteiger partial charge in [-0.1, -0.05) is 12.1 Å². The van der Waals surface area contributed by atoms with E-state index < -0.39 is 0 Å². The van der Waals surface area contributed by atoms with Crippen LogP contribution in [0.2, 0.25) is 0 Å². The van der Waals surface area contributed by atoms with Crippen LogP contribution in [0.15, 0.2) is 54.2 Å². The van der Waals surface area contributed by atoms with Gasteiger partial charge in [-0.2, -0.15) is 5.10 Å². The van der Waals surface area contributed by atoms with Gasteiger partial charge in [-0.25, -0.2) is 4.79 Å². The number of urea groups is 1. The first-order valence-corrected chi connectivity index (χ1v) is 8.66. The molecule has 0 fully saturated rings. The summed E-state index contributed by atoms with van der Waals surface area (Å²) < 4.78 is 1.86. The number of carbonyl (C=O) groups excluding carboxylic acids is 1. The number of hydrogen-bond acceptors (Lipinski definition) is 3. The number of rotatable bonds is 5. The van der Waals surface area contributed by atoms with Gasteiger partial charge in [-0.15, -0.1) is 11.3 Å². The second kappa shape index (κ2) is 7.31. The van der Waals surface area contributed by atoms with Gasteiger partial charge in [0.05, 0.1) is 0 Å². The van der Waals surface area contributed by atoms with Gasteiger partial charge in [-0.05, 0) is 54.6 Å². The third-order valence-electron chi connectivity index (χ3n) is 3.94. The van der Waals surface area contributed by atoms with E-state index in [1.54, 1.807) is 17.5 Å². The van der Waals surface area contributed by atoms with Crippen LogP contribution in [0.1, 0.15) is 22.0 Å². The Morgan fingerprint density at radius 1 is 1.25 bits per heavy atom. The second-order valence-electron chi connectivity index (χ2n) is 5.65. The van der Waals surface area contributed by atoms with Crippen molar-refractivity contribution in [3.63, 3.8) is 0 Å². The van der Waals surface area contributed by atoms with Crippen LogP contribution in [0.5, 0.6) is 0 Å². The van der Waals surface area contributed by atoms with Crippen molar-refractivity contribution in [3.8, 4) is 0 Å². The minimum Gasteiger partial charge on any atom is -0.335 e. The Bertz CT molecular complexity index is 762. The molecule has 2 heterocycles. The molecule has 124 valence electrons. The van der Waals surface area contributed by atoms with E-state index in [0.29, 0.717) is 6.54 Å². The number of anilines is 1. The smallest absolute Gasteiger partial charge is 0.319 e. The standard InChI is InChI=1S/C18H20N4OS/c1-13-6-7-15(11-14(13)2)21-18(23)19-12-16(17-5-3-10-24-17)22-9-4-8-20-22/h3-11,16H,12H2,1-2H3,(H2,19,21,23). The molecule has 0 saturated carbocycles. The molecule has 5 nitrogen and oxygen atoms in total. The van der Waals surface area contributed by atoms with Crippen molar-refractivity contribution >= 4 is 23.1 Å². The number of benzene rings is 1. The van der Waals surface area contributed by atoms with E-state index >= 15 is 0 Å². The first-order chi connectivity index (χ1) is 11.6. The Labute approximate surface area is 145 Å². The molecule has 0 aliphatic heterocycles. The highest BCUT2D eigenvalue weighted by atomic mass is 32.1. The van der Waals surface area contributed by atoms with Crippen LogP contribution in [0.4, 0.5) is 10.5 Å². The molecule has 1 unspecified atom stereocenters. The van der Waals surface area contributed by atoms with Crippen molar-refractivity contribution in [2.24, 2.45) is 0 Å². The van der Waals surface area contributed by atoms with Gasteiger partial charge in [0, 0.05) is 29.5 Å². The molecule has 24 heavy (non-hydrogen) atoms. The lowest BCUT2D eigenvalue weighted by molar-refractivity contribution is 0.250. The van der Waals surface area contributed by atoms with E-state index in [0.717, 1.165) is 16.1 Å². The van der Waals surface area contributed by atoms with E-state index in [2.05, 4.69) is 28.7 Å². The lowest BCUT2D eigenvalue weighted by atomic mass is 10.1. The van der Waals surface area contributed by atoms with Crippen molar-refractivity contribution in [1.82, 2.24) is 15.1 Å². The summed E-state index contributed by atoms with van der Waals surface area (Å²) in [4.78, 5) is 13.4. The Kier molecular flexibility index (Phi) is 4.96. The topological polar surface area (TPSA) is 59.0 Å². The summed E-state index contributed by atoms with van der Waals surface area (Å²) in [5.41, 5.74) is 3.15. The third-order valence-corrected chi connectivity index (χ3v) is 4.91. The number of aryl methyl sites for hydroxylation is 2. The molecule has 2 aromatic heterocycles. The molecule has 0 radical (unpaired) electrons. The largest absolute Gasteiger partial charge is 0.335 e. The number of hydrogen-bond donors (Lipinski definition) is 2. The van der Waals surface area contributed by atoms with Crippen molar-refractivity contribution in [2.45, 2.75) is 19.9 Å². The van der Waals surface area contributed by atoms with Gasteiger partial charge in [0.15, 0.2) is 0 Å². The first kappa shape index (κ1) is 16.3. The predicted molar refractivity (Wildman–Crippen MR) is 97.6 cm³/mol. The first-order valence-electron chi connectivity index (χ1n) is 7.78. The lowest BCUT2D eigenvalue weighted by Crippen LogP contribution is -2.34. The normalized spacial score (nSPS) is 11.9. The maximum Gasteiger partial charge on any atom is 0.319 e. The molecular weight excluding hydrogens is 320 g/mol. The SMILES string of the molecule is Cc1ccc(NC(=O)NCC(c2cccs2)n2cccn2)cc1C. The fraction of sp³-hybridized carbons (Fsp3) is 0.222. The average Bonchev–Trinajstić information content (AvgIpc) is 3.25. The molecule has 3 aromatic rings. The van der Waals surface area contributed by atoms with Gasteiger partial charge in [0.2, 0.25) is 0 Å². The average molecular weight is 340 g/mol. The highest BCUT2D eigenvalue weighted by Gasteiger charge is 2.16. The summed E-state index contributed by atoms with van der Waals surface area (Å²) in [6.07, 6.45) is 3.66. The molecule has 2 N–H and O–H groups in total. The van der Waals surface area contributed by atoms with Crippen molar-refractivity contribution in [1.29, 1.82) is 0 Å². The summed E-state index contributed by atoms with van der Waals surface area (Å²) in [6, 6.07) is 11.6. The number of aromatic nitrogens is 2. The van der Waals surface area contributed by atoms with Crippen LogP contribution in [-0.2, 0) is 0 Å². The van der Waals surface area contributed by atoms with Crippen LogP contribution >= 0.6 is 11.3 Å². The maximum absolute atomic E-state index is 12.2. The second-order valence-corrected chi connectivity index (χ2v) is 6.63. The highest BCUT2D eigenvalue weighted by Crippen LogP contribution is 2.22. The maximum atomic E-state index is 12.2. The molecule has 2 amide bonds. The molecule has 0 spiro atoms. The molecule has 6 heteroatoms. The van der Waals surface area contributed by atoms with Crippen LogP contribution in [-0.4, -0.2) is 22.4 Å². The van der Waals surface area contributed by atoms with Gasteiger partial charge in [-0.3, -0.25) is 4.68 Å². The summed E-state index contributed by atoms with van der Waals surface area (Å²) >= 11 is 1.66. The van der Waals surface area contributed by atoms with Gasteiger partial charge < -0.3 is 10.6 Å². The van der Waals surface area contributed by atoms with E-state index in [1.165, 1.54) is 5.56 Å². The van der Waals surface area contributed by atoms with Crippen molar-refractivity contribution in [2.75, 3.05) is 11.9 Å². The zero-order chi connectivity index (χ0) is 16.9. The van der Waals surface area contributed by atoms with Gasteiger partial charge >= 0.3 is 6.03 Å². The van der Waals surface area contributed by atoms with Crippen molar-refractivity contribution in [3.05, 3.63) is 70.2 Å². The molecular formula is C18H20N4OS. The monoisotopic (exact) mass is 340 g/mol. The highest BCUT2D eigenvalue weighted by molar-refractivity contribution is 7.10. The Balaban J connectivity index is 1.64. The van der Waals surface area contributed by atoms with E-state index in [-0.39, 0.29) is 12.1 Å². The predicted octanol–water partition coefficient (Wildman–Crippen LogP) is 3.97. The fourth-order valence-electron chi connectivity index (χ4n) is 2.45. The number of nitrogens with zero attached hydrogens (tertiary/aromatic N) is 2. The minimum atomic E-state index is -0.216. The Morgan fingerprint density at radius 2 is 2.12 bits per heavy atom. The molecule has 3 rings (SSSR count). The summed E-state index contributed by atoms with van der Waals surface area (Å²) in [5, 5.41) is 12.2. The quantitative estimate of drug-likeness (QED) is 0.738. The van der Waals surface area contributed by atoms with Crippen LogP contribution < -0.4 is 10.6 Å². The number of carbonyl (C=O) groups is 1. The van der Waals surface area contributed by atoms with Crippen LogP contribution in [0.3, 0.4) is 0 Å². The van der Waals surface area contributed by atoms with Crippen LogP contribution in [0.25, 0.3) is 0 Å². The lowest BCUT2D eigenvalue weighted by Gasteiger charge is -2.17. The summed E-state index contributed by atoms with van der Waals surface area (Å²) in [6.45, 7) is 4.55. The molecule has 0 aliphatic carbocycles. The van der Waals surface area contributed by atoms with Gasteiger partial charge in [0.25, 0.3) is 0 Å². The zero-order valence-electron chi connectivity index (χ0n) is 13.7. The van der Waals surface area contributed by atoms with E-state index in [9.17, 15) is 4.79 Å².